The Morgan fingerprint density at radius 3 is 2.81 bits per heavy atom. The molecule has 2 heteroatoms. The van der Waals surface area contributed by atoms with Crippen molar-refractivity contribution < 1.29 is 0 Å². The molecule has 0 fully saturated rings. The van der Waals surface area contributed by atoms with Gasteiger partial charge in [0.05, 0.1) is 0 Å². The lowest BCUT2D eigenvalue weighted by molar-refractivity contribution is 0.513. The highest BCUT2D eigenvalue weighted by Crippen LogP contribution is 2.28. The molecule has 88 valence electrons. The van der Waals surface area contributed by atoms with Gasteiger partial charge in [0, 0.05) is 10.9 Å². The van der Waals surface area contributed by atoms with E-state index in [4.69, 9.17) is 0 Å². The molecule has 0 spiro atoms. The zero-order valence-electron chi connectivity index (χ0n) is 10.2. The van der Waals surface area contributed by atoms with Crippen molar-refractivity contribution in [2.75, 3.05) is 12.8 Å². The largest absolute Gasteiger partial charge is 0.310 e. The van der Waals surface area contributed by atoms with Crippen molar-refractivity contribution in [2.24, 2.45) is 0 Å². The van der Waals surface area contributed by atoms with E-state index in [0.717, 1.165) is 19.4 Å². The van der Waals surface area contributed by atoms with E-state index in [2.05, 4.69) is 49.3 Å². The zero-order chi connectivity index (χ0) is 11.8. The van der Waals surface area contributed by atoms with Crippen molar-refractivity contribution in [1.82, 2.24) is 5.32 Å². The van der Waals surface area contributed by atoms with Gasteiger partial charge in [0.25, 0.3) is 0 Å². The Kier molecular flexibility index (Phi) is 6.27. The summed E-state index contributed by atoms with van der Waals surface area (Å²) in [7, 11) is 0. The first-order chi connectivity index (χ1) is 7.83. The summed E-state index contributed by atoms with van der Waals surface area (Å²) in [5.41, 5.74) is 1.42. The van der Waals surface area contributed by atoms with Gasteiger partial charge in [0.1, 0.15) is 0 Å². The van der Waals surface area contributed by atoms with E-state index >= 15 is 0 Å². The second kappa shape index (κ2) is 7.53. The average molecular weight is 235 g/mol. The Morgan fingerprint density at radius 2 is 2.19 bits per heavy atom. The lowest BCUT2D eigenvalue weighted by Crippen LogP contribution is -2.21. The first-order valence-corrected chi connectivity index (χ1v) is 7.03. The third kappa shape index (κ3) is 3.69. The van der Waals surface area contributed by atoms with Crippen LogP contribution in [0.2, 0.25) is 0 Å². The molecule has 0 saturated carbocycles. The first kappa shape index (κ1) is 13.3. The van der Waals surface area contributed by atoms with E-state index in [-0.39, 0.29) is 0 Å². The summed E-state index contributed by atoms with van der Waals surface area (Å²) < 4.78 is 0. The molecule has 0 bridgehead atoms. The van der Waals surface area contributed by atoms with Gasteiger partial charge in [-0.15, -0.1) is 18.3 Å². The Morgan fingerprint density at radius 1 is 1.44 bits per heavy atom. The monoisotopic (exact) mass is 235 g/mol. The maximum Gasteiger partial charge on any atom is 0.0334 e. The van der Waals surface area contributed by atoms with Crippen molar-refractivity contribution in [3.05, 3.63) is 42.5 Å². The molecular weight excluding hydrogens is 214 g/mol. The normalized spacial score (nSPS) is 12.4. The van der Waals surface area contributed by atoms with Crippen LogP contribution < -0.4 is 5.32 Å². The molecule has 0 aromatic heterocycles. The molecule has 0 saturated heterocycles. The van der Waals surface area contributed by atoms with E-state index in [1.165, 1.54) is 10.5 Å². The number of hydrogen-bond acceptors (Lipinski definition) is 2. The van der Waals surface area contributed by atoms with E-state index in [0.29, 0.717) is 6.04 Å². The molecule has 0 aliphatic rings. The van der Waals surface area contributed by atoms with Crippen LogP contribution >= 0.6 is 11.8 Å². The van der Waals surface area contributed by atoms with Crippen LogP contribution in [0, 0.1) is 0 Å². The van der Waals surface area contributed by atoms with Gasteiger partial charge in [-0.3, -0.25) is 0 Å². The zero-order valence-corrected chi connectivity index (χ0v) is 11.0. The number of allylic oxidation sites excluding steroid dienone is 1. The van der Waals surface area contributed by atoms with E-state index in [9.17, 15) is 0 Å². The minimum Gasteiger partial charge on any atom is -0.310 e. The molecule has 0 aliphatic carbocycles. The van der Waals surface area contributed by atoms with Crippen molar-refractivity contribution in [1.29, 1.82) is 0 Å². The highest BCUT2D eigenvalue weighted by molar-refractivity contribution is 7.98. The summed E-state index contributed by atoms with van der Waals surface area (Å²) in [6.45, 7) is 6.96. The van der Waals surface area contributed by atoms with Crippen LogP contribution in [0.1, 0.15) is 31.4 Å². The maximum absolute atomic E-state index is 3.80. The van der Waals surface area contributed by atoms with Crippen molar-refractivity contribution in [3.63, 3.8) is 0 Å². The molecule has 1 aromatic rings. The van der Waals surface area contributed by atoms with Crippen LogP contribution in [0.3, 0.4) is 0 Å². The maximum atomic E-state index is 3.80. The quantitative estimate of drug-likeness (QED) is 0.566. The fourth-order valence-electron chi connectivity index (χ4n) is 1.85. The minimum atomic E-state index is 0.451. The first-order valence-electron chi connectivity index (χ1n) is 5.80. The second-order valence-corrected chi connectivity index (χ2v) is 4.57. The van der Waals surface area contributed by atoms with Crippen LogP contribution in [0.5, 0.6) is 0 Å². The molecule has 0 heterocycles. The van der Waals surface area contributed by atoms with Crippen LogP contribution in [0.15, 0.2) is 41.8 Å². The summed E-state index contributed by atoms with van der Waals surface area (Å²) in [6.07, 6.45) is 6.30. The molecular formula is C14H21NS. The van der Waals surface area contributed by atoms with Gasteiger partial charge < -0.3 is 5.32 Å². The fraction of sp³-hybridized carbons (Fsp3) is 0.429. The van der Waals surface area contributed by atoms with Crippen LogP contribution in [-0.2, 0) is 0 Å². The summed E-state index contributed by atoms with van der Waals surface area (Å²) in [5.74, 6) is 0. The van der Waals surface area contributed by atoms with Crippen LogP contribution in [-0.4, -0.2) is 12.8 Å². The molecule has 1 N–H and O–H groups in total. The molecule has 0 aliphatic heterocycles. The summed E-state index contributed by atoms with van der Waals surface area (Å²) in [6, 6.07) is 9.09. The van der Waals surface area contributed by atoms with Gasteiger partial charge in [-0.2, -0.15) is 0 Å². The topological polar surface area (TPSA) is 12.0 Å². The van der Waals surface area contributed by atoms with E-state index in [1.54, 1.807) is 0 Å². The van der Waals surface area contributed by atoms with Gasteiger partial charge in [0.2, 0.25) is 0 Å². The van der Waals surface area contributed by atoms with Crippen molar-refractivity contribution >= 4 is 11.8 Å². The molecule has 1 unspecified atom stereocenters. The third-order valence-electron chi connectivity index (χ3n) is 2.62. The Bertz CT molecular complexity index is 322. The summed E-state index contributed by atoms with van der Waals surface area (Å²) in [5, 5.41) is 3.55. The van der Waals surface area contributed by atoms with Gasteiger partial charge in [0.15, 0.2) is 0 Å². The fourth-order valence-corrected chi connectivity index (χ4v) is 2.51. The molecule has 1 rings (SSSR count). The summed E-state index contributed by atoms with van der Waals surface area (Å²) >= 11 is 1.82. The minimum absolute atomic E-state index is 0.451. The average Bonchev–Trinajstić information content (AvgIpc) is 2.34. The Hall–Kier alpha value is -0.730. The number of rotatable bonds is 7. The molecule has 0 amide bonds. The van der Waals surface area contributed by atoms with Crippen molar-refractivity contribution in [2.45, 2.75) is 30.7 Å². The highest BCUT2D eigenvalue weighted by Gasteiger charge is 2.12. The molecule has 1 atom stereocenters. The SMILES string of the molecule is C=CCCC(NCC)c1ccccc1SC. The predicted octanol–water partition coefficient (Wildman–Crippen LogP) is 4.03. The van der Waals surface area contributed by atoms with Crippen molar-refractivity contribution in [3.8, 4) is 0 Å². The summed E-state index contributed by atoms with van der Waals surface area (Å²) in [4.78, 5) is 1.37. The number of thioether (sulfide) groups is 1. The standard InChI is InChI=1S/C14H21NS/c1-4-6-10-13(15-5-2)12-9-7-8-11-14(12)16-3/h4,7-9,11,13,15H,1,5-6,10H2,2-3H3. The number of nitrogens with one attached hydrogen (secondary N) is 1. The van der Waals surface area contributed by atoms with Gasteiger partial charge in [-0.25, -0.2) is 0 Å². The molecule has 1 nitrogen and oxygen atoms in total. The molecule has 0 radical (unpaired) electrons. The molecule has 16 heavy (non-hydrogen) atoms. The van der Waals surface area contributed by atoms with Crippen LogP contribution in [0.25, 0.3) is 0 Å². The lowest BCUT2D eigenvalue weighted by atomic mass is 10.0. The van der Waals surface area contributed by atoms with Gasteiger partial charge in [-0.1, -0.05) is 31.2 Å². The lowest BCUT2D eigenvalue weighted by Gasteiger charge is -2.20. The third-order valence-corrected chi connectivity index (χ3v) is 3.44. The molecule has 1 aromatic carbocycles. The van der Waals surface area contributed by atoms with E-state index < -0.39 is 0 Å². The van der Waals surface area contributed by atoms with Gasteiger partial charge >= 0.3 is 0 Å². The smallest absolute Gasteiger partial charge is 0.0334 e. The number of hydrogen-bond donors (Lipinski definition) is 1. The second-order valence-electron chi connectivity index (χ2n) is 3.72. The Labute approximate surface area is 103 Å². The Balaban J connectivity index is 2.85. The van der Waals surface area contributed by atoms with Crippen LogP contribution in [0.4, 0.5) is 0 Å². The van der Waals surface area contributed by atoms with Gasteiger partial charge in [-0.05, 0) is 37.3 Å². The predicted molar refractivity (Wildman–Crippen MR) is 74.1 cm³/mol. The highest BCUT2D eigenvalue weighted by atomic mass is 32.2. The van der Waals surface area contributed by atoms with E-state index in [1.807, 2.05) is 17.8 Å². The number of benzene rings is 1.